The van der Waals surface area contributed by atoms with Gasteiger partial charge in [0.1, 0.15) is 11.6 Å². The van der Waals surface area contributed by atoms with Gasteiger partial charge in [-0.2, -0.15) is 0 Å². The summed E-state index contributed by atoms with van der Waals surface area (Å²) in [6.45, 7) is 10.8. The summed E-state index contributed by atoms with van der Waals surface area (Å²) in [7, 11) is 0. The molecule has 3 rings (SSSR count). The largest absolute Gasteiger partial charge is 0.494 e. The van der Waals surface area contributed by atoms with Crippen LogP contribution in [0.1, 0.15) is 38.6 Å². The third-order valence-corrected chi connectivity index (χ3v) is 5.31. The third kappa shape index (κ3) is 5.16. The molecule has 0 amide bonds. The van der Waals surface area contributed by atoms with Crippen LogP contribution in [0.15, 0.2) is 42.5 Å². The Hall–Kier alpha value is -2.93. The van der Waals surface area contributed by atoms with Gasteiger partial charge >= 0.3 is 0 Å². The SMILES string of the molecule is CCCOc1ccc(Cc2nc3cc([N+](=O)[O-])ccc3n2CCN(CC)CC)cc1. The molecule has 30 heavy (non-hydrogen) atoms. The molecular weight excluding hydrogens is 380 g/mol. The van der Waals surface area contributed by atoms with Crippen LogP contribution in [-0.2, 0) is 13.0 Å². The first-order valence-corrected chi connectivity index (χ1v) is 10.6. The number of likely N-dealkylation sites (N-methyl/N-ethyl adjacent to an activating group) is 1. The minimum absolute atomic E-state index is 0.0693. The fourth-order valence-electron chi connectivity index (χ4n) is 3.55. The predicted molar refractivity (Wildman–Crippen MR) is 119 cm³/mol. The third-order valence-electron chi connectivity index (χ3n) is 5.31. The van der Waals surface area contributed by atoms with Crippen LogP contribution in [0.5, 0.6) is 5.75 Å². The molecule has 0 aliphatic heterocycles. The van der Waals surface area contributed by atoms with Crippen LogP contribution in [0.4, 0.5) is 5.69 Å². The number of nitro benzene ring substituents is 1. The Morgan fingerprint density at radius 2 is 1.83 bits per heavy atom. The zero-order valence-corrected chi connectivity index (χ0v) is 18.0. The number of benzene rings is 2. The predicted octanol–water partition coefficient (Wildman–Crippen LogP) is 4.67. The van der Waals surface area contributed by atoms with Gasteiger partial charge in [0.15, 0.2) is 0 Å². The van der Waals surface area contributed by atoms with Crippen LogP contribution in [-0.4, -0.2) is 45.6 Å². The summed E-state index contributed by atoms with van der Waals surface area (Å²) in [5.41, 5.74) is 2.81. The van der Waals surface area contributed by atoms with Crippen LogP contribution in [0.2, 0.25) is 0 Å². The molecule has 160 valence electrons. The van der Waals surface area contributed by atoms with E-state index in [1.54, 1.807) is 12.1 Å². The number of nitro groups is 1. The van der Waals surface area contributed by atoms with Crippen molar-refractivity contribution in [3.63, 3.8) is 0 Å². The molecule has 0 saturated heterocycles. The lowest BCUT2D eigenvalue weighted by atomic mass is 10.1. The molecule has 7 nitrogen and oxygen atoms in total. The van der Waals surface area contributed by atoms with Gasteiger partial charge in [0.25, 0.3) is 5.69 Å². The first-order valence-electron chi connectivity index (χ1n) is 10.6. The van der Waals surface area contributed by atoms with Crippen molar-refractivity contribution >= 4 is 16.7 Å². The number of nitrogens with zero attached hydrogens (tertiary/aromatic N) is 4. The Morgan fingerprint density at radius 1 is 1.10 bits per heavy atom. The first kappa shape index (κ1) is 21.8. The van der Waals surface area contributed by atoms with Gasteiger partial charge in [-0.3, -0.25) is 10.1 Å². The minimum Gasteiger partial charge on any atom is -0.494 e. The number of fused-ring (bicyclic) bond motifs is 1. The topological polar surface area (TPSA) is 73.4 Å². The van der Waals surface area contributed by atoms with Crippen molar-refractivity contribution in [3.8, 4) is 5.75 Å². The summed E-state index contributed by atoms with van der Waals surface area (Å²) in [6, 6.07) is 13.0. The normalized spacial score (nSPS) is 11.3. The van der Waals surface area contributed by atoms with Gasteiger partial charge in [0, 0.05) is 31.6 Å². The van der Waals surface area contributed by atoms with Crippen molar-refractivity contribution < 1.29 is 9.66 Å². The molecule has 0 saturated carbocycles. The smallest absolute Gasteiger partial charge is 0.271 e. The van der Waals surface area contributed by atoms with Crippen molar-refractivity contribution in [2.24, 2.45) is 0 Å². The molecule has 0 fully saturated rings. The number of aromatic nitrogens is 2. The zero-order chi connectivity index (χ0) is 21.5. The van der Waals surface area contributed by atoms with E-state index < -0.39 is 0 Å². The van der Waals surface area contributed by atoms with Gasteiger partial charge < -0.3 is 14.2 Å². The van der Waals surface area contributed by atoms with Gasteiger partial charge in [-0.15, -0.1) is 0 Å². The molecule has 0 N–H and O–H groups in total. The van der Waals surface area contributed by atoms with Crippen molar-refractivity contribution in [3.05, 3.63) is 64.0 Å². The summed E-state index contributed by atoms with van der Waals surface area (Å²) in [5.74, 6) is 1.78. The molecule has 0 bridgehead atoms. The van der Waals surface area contributed by atoms with E-state index in [1.807, 2.05) is 18.2 Å². The molecule has 0 radical (unpaired) electrons. The lowest BCUT2D eigenvalue weighted by Gasteiger charge is -2.19. The van der Waals surface area contributed by atoms with E-state index >= 15 is 0 Å². The summed E-state index contributed by atoms with van der Waals surface area (Å²) in [6.07, 6.45) is 1.64. The number of hydrogen-bond donors (Lipinski definition) is 0. The number of ether oxygens (including phenoxy) is 1. The quantitative estimate of drug-likeness (QED) is 0.339. The van der Waals surface area contributed by atoms with Crippen LogP contribution < -0.4 is 4.74 Å². The molecule has 0 spiro atoms. The van der Waals surface area contributed by atoms with Crippen LogP contribution in [0.3, 0.4) is 0 Å². The summed E-state index contributed by atoms with van der Waals surface area (Å²) < 4.78 is 7.86. The number of hydrogen-bond acceptors (Lipinski definition) is 5. The second kappa shape index (κ2) is 10.2. The monoisotopic (exact) mass is 410 g/mol. The maximum absolute atomic E-state index is 11.2. The van der Waals surface area contributed by atoms with E-state index in [9.17, 15) is 10.1 Å². The number of non-ortho nitro benzene ring substituents is 1. The molecule has 1 heterocycles. The molecule has 0 atom stereocenters. The fourth-order valence-corrected chi connectivity index (χ4v) is 3.55. The Kier molecular flexibility index (Phi) is 7.41. The van der Waals surface area contributed by atoms with Gasteiger partial charge in [-0.25, -0.2) is 4.98 Å². The van der Waals surface area contributed by atoms with Gasteiger partial charge in [0.2, 0.25) is 0 Å². The molecule has 7 heteroatoms. The van der Waals surface area contributed by atoms with E-state index in [0.29, 0.717) is 18.5 Å². The number of imidazole rings is 1. The van der Waals surface area contributed by atoms with E-state index in [1.165, 1.54) is 0 Å². The van der Waals surface area contributed by atoms with Crippen molar-refractivity contribution in [2.45, 2.75) is 40.2 Å². The average molecular weight is 411 g/mol. The van der Waals surface area contributed by atoms with Crippen molar-refractivity contribution in [1.29, 1.82) is 0 Å². The molecule has 0 aliphatic rings. The van der Waals surface area contributed by atoms with Gasteiger partial charge in [-0.1, -0.05) is 32.9 Å². The second-order valence-corrected chi connectivity index (χ2v) is 7.31. The summed E-state index contributed by atoms with van der Waals surface area (Å²) in [5, 5.41) is 11.2. The van der Waals surface area contributed by atoms with Gasteiger partial charge in [-0.05, 0) is 43.3 Å². The Labute approximate surface area is 177 Å². The van der Waals surface area contributed by atoms with Gasteiger partial charge in [0.05, 0.1) is 22.6 Å². The summed E-state index contributed by atoms with van der Waals surface area (Å²) >= 11 is 0. The van der Waals surface area contributed by atoms with E-state index in [4.69, 9.17) is 9.72 Å². The Balaban J connectivity index is 1.90. The van der Waals surface area contributed by atoms with Crippen LogP contribution in [0, 0.1) is 10.1 Å². The first-order chi connectivity index (χ1) is 14.5. The minimum atomic E-state index is -0.372. The average Bonchev–Trinajstić information content (AvgIpc) is 3.10. The highest BCUT2D eigenvalue weighted by Crippen LogP contribution is 2.24. The lowest BCUT2D eigenvalue weighted by Crippen LogP contribution is -2.27. The molecule has 0 aliphatic carbocycles. The van der Waals surface area contributed by atoms with Crippen molar-refractivity contribution in [2.75, 3.05) is 26.2 Å². The van der Waals surface area contributed by atoms with E-state index in [2.05, 4.69) is 42.4 Å². The zero-order valence-electron chi connectivity index (χ0n) is 18.0. The van der Waals surface area contributed by atoms with E-state index in [-0.39, 0.29) is 10.6 Å². The maximum atomic E-state index is 11.2. The Bertz CT molecular complexity index is 978. The highest BCUT2D eigenvalue weighted by molar-refractivity contribution is 5.78. The molecule has 3 aromatic rings. The molecular formula is C23H30N4O3. The lowest BCUT2D eigenvalue weighted by molar-refractivity contribution is -0.384. The maximum Gasteiger partial charge on any atom is 0.271 e. The standard InChI is InChI=1S/C23H30N4O3/c1-4-15-30-20-10-7-18(8-11-20)16-23-24-21-17-19(27(28)29)9-12-22(21)26(23)14-13-25(5-2)6-3/h7-12,17H,4-6,13-16H2,1-3H3. The highest BCUT2D eigenvalue weighted by Gasteiger charge is 2.16. The number of rotatable bonds is 11. The molecule has 0 unspecified atom stereocenters. The summed E-state index contributed by atoms with van der Waals surface area (Å²) in [4.78, 5) is 17.9. The second-order valence-electron chi connectivity index (χ2n) is 7.31. The molecule has 2 aromatic carbocycles. The van der Waals surface area contributed by atoms with Crippen LogP contribution in [0.25, 0.3) is 11.0 Å². The van der Waals surface area contributed by atoms with Crippen LogP contribution >= 0.6 is 0 Å². The highest BCUT2D eigenvalue weighted by atomic mass is 16.6. The van der Waals surface area contributed by atoms with E-state index in [0.717, 1.165) is 55.3 Å². The molecule has 1 aromatic heterocycles. The fraction of sp³-hybridized carbons (Fsp3) is 0.435. The van der Waals surface area contributed by atoms with Crippen molar-refractivity contribution in [1.82, 2.24) is 14.5 Å². The Morgan fingerprint density at radius 3 is 2.47 bits per heavy atom.